The smallest absolute Gasteiger partial charge is 0.278 e. The zero-order chi connectivity index (χ0) is 22.0. The number of carbonyl (C=O) groups is 1. The van der Waals surface area contributed by atoms with Gasteiger partial charge in [-0.05, 0) is 29.8 Å². The molecule has 4 aromatic rings. The van der Waals surface area contributed by atoms with Crippen molar-refractivity contribution in [3.63, 3.8) is 0 Å². The van der Waals surface area contributed by atoms with E-state index in [-0.39, 0.29) is 17.2 Å². The first-order valence-corrected chi connectivity index (χ1v) is 10.9. The Morgan fingerprint density at radius 2 is 1.87 bits per heavy atom. The maximum absolute atomic E-state index is 13.3. The molecule has 0 spiro atoms. The van der Waals surface area contributed by atoms with E-state index in [1.807, 2.05) is 35.7 Å². The fourth-order valence-corrected chi connectivity index (χ4v) is 4.28. The Bertz CT molecular complexity index is 1300. The third-order valence-electron chi connectivity index (χ3n) is 4.54. The van der Waals surface area contributed by atoms with Crippen LogP contribution in [-0.2, 0) is 13.6 Å². The Balaban J connectivity index is 1.74. The predicted molar refractivity (Wildman–Crippen MR) is 124 cm³/mol. The van der Waals surface area contributed by atoms with Crippen LogP contribution < -0.4 is 10.5 Å². The summed E-state index contributed by atoms with van der Waals surface area (Å²) in [5.41, 5.74) is 2.16. The zero-order valence-electron chi connectivity index (χ0n) is 16.3. The first kappa shape index (κ1) is 21.2. The molecular formula is C22H16Cl2N4O2S. The van der Waals surface area contributed by atoms with Crippen LogP contribution in [0.15, 0.2) is 70.8 Å². The third-order valence-corrected chi connectivity index (χ3v) is 5.95. The zero-order valence-corrected chi connectivity index (χ0v) is 18.7. The van der Waals surface area contributed by atoms with Gasteiger partial charge in [-0.15, -0.1) is 11.3 Å². The molecule has 2 aromatic carbocycles. The molecular weight excluding hydrogens is 455 g/mol. The second-order valence-corrected chi connectivity index (χ2v) is 8.38. The lowest BCUT2D eigenvalue weighted by molar-refractivity contribution is 0.0978. The molecule has 0 radical (unpaired) electrons. The van der Waals surface area contributed by atoms with Crippen molar-refractivity contribution >= 4 is 45.6 Å². The number of thiazole rings is 1. The van der Waals surface area contributed by atoms with E-state index in [2.05, 4.69) is 10.1 Å². The van der Waals surface area contributed by atoms with Crippen LogP contribution >= 0.6 is 34.5 Å². The Morgan fingerprint density at radius 3 is 2.58 bits per heavy atom. The van der Waals surface area contributed by atoms with Gasteiger partial charge in [0.25, 0.3) is 11.5 Å². The topological polar surface area (TPSA) is 68.1 Å². The van der Waals surface area contributed by atoms with Gasteiger partial charge in [-0.1, -0.05) is 53.5 Å². The molecule has 0 bridgehead atoms. The average Bonchev–Trinajstić information content (AvgIpc) is 3.24. The molecule has 0 N–H and O–H groups in total. The van der Waals surface area contributed by atoms with E-state index in [4.69, 9.17) is 23.2 Å². The summed E-state index contributed by atoms with van der Waals surface area (Å²) < 4.78 is 1.13. The third kappa shape index (κ3) is 4.69. The van der Waals surface area contributed by atoms with E-state index in [1.54, 1.807) is 23.1 Å². The number of aryl methyl sites for hydroxylation is 1. The second kappa shape index (κ2) is 9.01. The average molecular weight is 471 g/mol. The van der Waals surface area contributed by atoms with Crippen molar-refractivity contribution in [2.24, 2.45) is 7.05 Å². The number of rotatable bonds is 5. The maximum atomic E-state index is 13.3. The molecule has 0 fully saturated rings. The molecule has 0 unspecified atom stereocenters. The van der Waals surface area contributed by atoms with Gasteiger partial charge < -0.3 is 0 Å². The molecule has 6 nitrogen and oxygen atoms in total. The summed E-state index contributed by atoms with van der Waals surface area (Å²) in [7, 11) is 1.50. The number of benzene rings is 2. The van der Waals surface area contributed by atoms with Crippen LogP contribution in [-0.4, -0.2) is 20.7 Å². The summed E-state index contributed by atoms with van der Waals surface area (Å²) in [5, 5.41) is 7.44. The van der Waals surface area contributed by atoms with Crippen molar-refractivity contribution in [2.45, 2.75) is 6.54 Å². The van der Waals surface area contributed by atoms with Crippen LogP contribution in [0.1, 0.15) is 16.1 Å². The van der Waals surface area contributed by atoms with E-state index < -0.39 is 0 Å². The molecule has 0 aliphatic rings. The maximum Gasteiger partial charge on any atom is 0.280 e. The fraction of sp³-hybridized carbons (Fsp3) is 0.0909. The van der Waals surface area contributed by atoms with Crippen molar-refractivity contribution < 1.29 is 4.79 Å². The lowest BCUT2D eigenvalue weighted by atomic mass is 10.2. The van der Waals surface area contributed by atoms with Gasteiger partial charge in [-0.2, -0.15) is 5.10 Å². The van der Waals surface area contributed by atoms with E-state index in [9.17, 15) is 9.59 Å². The summed E-state index contributed by atoms with van der Waals surface area (Å²) >= 11 is 13.6. The van der Waals surface area contributed by atoms with E-state index >= 15 is 0 Å². The van der Waals surface area contributed by atoms with E-state index in [0.717, 1.165) is 15.8 Å². The number of amides is 1. The SMILES string of the molecule is Cn1nc(C(=O)N(Cc2ccccc2)c2nc(-c3ccc(Cl)cc3Cl)cs2)ccc1=O. The normalized spacial score (nSPS) is 10.8. The number of nitrogens with zero attached hydrogens (tertiary/aromatic N) is 4. The second-order valence-electron chi connectivity index (χ2n) is 6.70. The van der Waals surface area contributed by atoms with Crippen molar-refractivity contribution in [1.82, 2.24) is 14.8 Å². The molecule has 0 saturated heterocycles. The Hall–Kier alpha value is -3.00. The molecule has 0 atom stereocenters. The highest BCUT2D eigenvalue weighted by Gasteiger charge is 2.23. The molecule has 0 aliphatic carbocycles. The highest BCUT2D eigenvalue weighted by atomic mass is 35.5. The van der Waals surface area contributed by atoms with E-state index in [1.165, 1.54) is 30.5 Å². The number of hydrogen-bond acceptors (Lipinski definition) is 5. The standard InChI is InChI=1S/C22H16Cl2N4O2S/c1-27-20(29)10-9-18(26-27)21(30)28(12-14-5-3-2-4-6-14)22-25-19(13-31-22)16-8-7-15(23)11-17(16)24/h2-11,13H,12H2,1H3. The minimum atomic E-state index is -0.359. The quantitative estimate of drug-likeness (QED) is 0.408. The number of halogens is 2. The largest absolute Gasteiger partial charge is 0.280 e. The van der Waals surface area contributed by atoms with Crippen LogP contribution in [0.5, 0.6) is 0 Å². The lowest BCUT2D eigenvalue weighted by Gasteiger charge is -2.20. The van der Waals surface area contributed by atoms with Gasteiger partial charge in [-0.25, -0.2) is 9.67 Å². The van der Waals surface area contributed by atoms with Crippen molar-refractivity contribution in [3.8, 4) is 11.3 Å². The number of carbonyl (C=O) groups excluding carboxylic acids is 1. The first-order chi connectivity index (χ1) is 14.9. The van der Waals surface area contributed by atoms with Crippen LogP contribution in [0.2, 0.25) is 10.0 Å². The summed E-state index contributed by atoms with van der Waals surface area (Å²) in [5.74, 6) is -0.359. The van der Waals surface area contributed by atoms with Gasteiger partial charge >= 0.3 is 0 Å². The Labute approximate surface area is 192 Å². The van der Waals surface area contributed by atoms with Gasteiger partial charge in [0, 0.05) is 29.1 Å². The van der Waals surface area contributed by atoms with Gasteiger partial charge in [0.2, 0.25) is 0 Å². The summed E-state index contributed by atoms with van der Waals surface area (Å²) in [6.07, 6.45) is 0. The van der Waals surface area contributed by atoms with Gasteiger partial charge in [0.05, 0.1) is 17.3 Å². The molecule has 0 saturated carbocycles. The number of hydrogen-bond donors (Lipinski definition) is 0. The van der Waals surface area contributed by atoms with Crippen LogP contribution in [0, 0.1) is 0 Å². The minimum absolute atomic E-state index is 0.152. The number of aromatic nitrogens is 3. The van der Waals surface area contributed by atoms with Crippen LogP contribution in [0.25, 0.3) is 11.3 Å². The van der Waals surface area contributed by atoms with Crippen molar-refractivity contribution in [2.75, 3.05) is 4.90 Å². The molecule has 4 rings (SSSR count). The van der Waals surface area contributed by atoms with Crippen molar-refractivity contribution in [3.05, 3.63) is 97.7 Å². The molecule has 31 heavy (non-hydrogen) atoms. The summed E-state index contributed by atoms with van der Waals surface area (Å²) in [6.45, 7) is 0.297. The molecule has 156 valence electrons. The van der Waals surface area contributed by atoms with E-state index in [0.29, 0.717) is 27.4 Å². The lowest BCUT2D eigenvalue weighted by Crippen LogP contribution is -2.33. The predicted octanol–water partition coefficient (Wildman–Crippen LogP) is 5.06. The molecule has 2 heterocycles. The highest BCUT2D eigenvalue weighted by molar-refractivity contribution is 7.14. The first-order valence-electron chi connectivity index (χ1n) is 9.23. The molecule has 2 aromatic heterocycles. The van der Waals surface area contributed by atoms with Crippen LogP contribution in [0.4, 0.5) is 5.13 Å². The van der Waals surface area contributed by atoms with Gasteiger partial charge in [0.15, 0.2) is 5.13 Å². The van der Waals surface area contributed by atoms with Gasteiger partial charge in [0.1, 0.15) is 5.69 Å². The highest BCUT2D eigenvalue weighted by Crippen LogP contribution is 2.34. The summed E-state index contributed by atoms with van der Waals surface area (Å²) in [6, 6.07) is 17.5. The minimum Gasteiger partial charge on any atom is -0.278 e. The molecule has 1 amide bonds. The monoisotopic (exact) mass is 470 g/mol. The Morgan fingerprint density at radius 1 is 1.10 bits per heavy atom. The van der Waals surface area contributed by atoms with Crippen LogP contribution in [0.3, 0.4) is 0 Å². The summed E-state index contributed by atoms with van der Waals surface area (Å²) in [4.78, 5) is 31.2. The Kier molecular flexibility index (Phi) is 6.18. The molecule has 9 heteroatoms. The van der Waals surface area contributed by atoms with Gasteiger partial charge in [-0.3, -0.25) is 14.5 Å². The molecule has 0 aliphatic heterocycles. The fourth-order valence-electron chi connectivity index (χ4n) is 2.96. The number of anilines is 1. The van der Waals surface area contributed by atoms with Crippen molar-refractivity contribution in [1.29, 1.82) is 0 Å².